The second kappa shape index (κ2) is 5.43. The zero-order chi connectivity index (χ0) is 14.7. The number of aromatic carboxylic acids is 1. The van der Waals surface area contributed by atoms with E-state index in [2.05, 4.69) is 5.10 Å². The molecule has 0 saturated heterocycles. The summed E-state index contributed by atoms with van der Waals surface area (Å²) < 4.78 is 11.5. The molecular formula is C13H12N2O5. The molecule has 1 aromatic heterocycles. The van der Waals surface area contributed by atoms with Crippen molar-refractivity contribution >= 4 is 5.97 Å². The molecule has 2 aromatic rings. The lowest BCUT2D eigenvalue weighted by atomic mass is 10.2. The highest BCUT2D eigenvalue weighted by Gasteiger charge is 2.12. The molecule has 0 spiro atoms. The fourth-order valence-electron chi connectivity index (χ4n) is 1.67. The molecule has 7 nitrogen and oxygen atoms in total. The molecule has 104 valence electrons. The first kappa shape index (κ1) is 13.6. The van der Waals surface area contributed by atoms with Crippen LogP contribution in [0.25, 0.3) is 5.69 Å². The van der Waals surface area contributed by atoms with Crippen LogP contribution in [0.3, 0.4) is 0 Å². The summed E-state index contributed by atoms with van der Waals surface area (Å²) in [6.07, 6.45) is 1.38. The van der Waals surface area contributed by atoms with Crippen molar-refractivity contribution in [3.8, 4) is 17.2 Å². The second-order valence-electron chi connectivity index (χ2n) is 3.82. The molecule has 0 bridgehead atoms. The smallest absolute Gasteiger partial charge is 0.360 e. The van der Waals surface area contributed by atoms with Crippen LogP contribution in [0.2, 0.25) is 0 Å². The number of carbonyl (C=O) groups is 1. The van der Waals surface area contributed by atoms with E-state index >= 15 is 0 Å². The van der Waals surface area contributed by atoms with Gasteiger partial charge in [0.2, 0.25) is 11.1 Å². The summed E-state index contributed by atoms with van der Waals surface area (Å²) in [5.41, 5.74) is -0.637. The average Bonchev–Trinajstić information content (AvgIpc) is 2.46. The minimum atomic E-state index is -1.37. The maximum absolute atomic E-state index is 11.4. The van der Waals surface area contributed by atoms with E-state index in [0.717, 1.165) is 6.07 Å². The highest BCUT2D eigenvalue weighted by atomic mass is 16.5. The van der Waals surface area contributed by atoms with Gasteiger partial charge >= 0.3 is 5.97 Å². The van der Waals surface area contributed by atoms with Crippen molar-refractivity contribution in [2.24, 2.45) is 0 Å². The zero-order valence-electron chi connectivity index (χ0n) is 10.9. The van der Waals surface area contributed by atoms with Gasteiger partial charge in [0.25, 0.3) is 0 Å². The number of rotatable bonds is 4. The van der Waals surface area contributed by atoms with E-state index in [1.165, 1.54) is 25.1 Å². The molecule has 0 atom stereocenters. The molecule has 0 aliphatic carbocycles. The molecule has 1 aromatic carbocycles. The third kappa shape index (κ3) is 2.46. The van der Waals surface area contributed by atoms with Crippen LogP contribution in [0.5, 0.6) is 11.5 Å². The molecule has 0 radical (unpaired) electrons. The molecule has 0 aliphatic heterocycles. The lowest BCUT2D eigenvalue weighted by Gasteiger charge is -2.11. The summed E-state index contributed by atoms with van der Waals surface area (Å²) in [5, 5.41) is 12.7. The summed E-state index contributed by atoms with van der Waals surface area (Å²) in [7, 11) is 3.00. The minimum absolute atomic E-state index is 0.474. The fraction of sp³-hybridized carbons (Fsp3) is 0.154. The summed E-state index contributed by atoms with van der Waals surface area (Å²) in [5.74, 6) is -0.358. The minimum Gasteiger partial charge on any atom is -0.493 e. The largest absolute Gasteiger partial charge is 0.493 e. The van der Waals surface area contributed by atoms with E-state index in [0.29, 0.717) is 17.2 Å². The van der Waals surface area contributed by atoms with E-state index in [1.807, 2.05) is 0 Å². The second-order valence-corrected chi connectivity index (χ2v) is 3.82. The molecule has 1 N–H and O–H groups in total. The highest BCUT2D eigenvalue weighted by molar-refractivity contribution is 5.84. The average molecular weight is 276 g/mol. The molecule has 0 aliphatic rings. The van der Waals surface area contributed by atoms with Gasteiger partial charge < -0.3 is 14.6 Å². The third-order valence-electron chi connectivity index (χ3n) is 2.64. The number of ether oxygens (including phenoxy) is 2. The molecule has 0 saturated carbocycles. The quantitative estimate of drug-likeness (QED) is 0.894. The monoisotopic (exact) mass is 276 g/mol. The Morgan fingerprint density at radius 2 is 1.90 bits per heavy atom. The van der Waals surface area contributed by atoms with Gasteiger partial charge in [0.1, 0.15) is 0 Å². The van der Waals surface area contributed by atoms with Crippen LogP contribution in [0.1, 0.15) is 10.5 Å². The molecule has 0 unspecified atom stereocenters. The van der Waals surface area contributed by atoms with Gasteiger partial charge in [0, 0.05) is 18.3 Å². The van der Waals surface area contributed by atoms with E-state index in [-0.39, 0.29) is 0 Å². The third-order valence-corrected chi connectivity index (χ3v) is 2.64. The highest BCUT2D eigenvalue weighted by Crippen LogP contribution is 2.28. The van der Waals surface area contributed by atoms with E-state index in [4.69, 9.17) is 14.6 Å². The lowest BCUT2D eigenvalue weighted by molar-refractivity contribution is 0.0687. The number of hydrogen-bond donors (Lipinski definition) is 1. The van der Waals surface area contributed by atoms with Gasteiger partial charge in [-0.1, -0.05) is 0 Å². The summed E-state index contributed by atoms with van der Waals surface area (Å²) in [4.78, 5) is 22.3. The molecule has 0 amide bonds. The van der Waals surface area contributed by atoms with Gasteiger partial charge in [-0.25, -0.2) is 9.48 Å². The lowest BCUT2D eigenvalue weighted by Crippen LogP contribution is -2.20. The van der Waals surface area contributed by atoms with Crippen molar-refractivity contribution in [1.29, 1.82) is 0 Å². The van der Waals surface area contributed by atoms with E-state index in [1.54, 1.807) is 18.2 Å². The normalized spacial score (nSPS) is 10.1. The molecule has 7 heteroatoms. The molecule has 1 heterocycles. The van der Waals surface area contributed by atoms with Crippen molar-refractivity contribution in [2.45, 2.75) is 0 Å². The first-order valence-corrected chi connectivity index (χ1v) is 5.62. The number of carboxylic acids is 1. The Labute approximate surface area is 114 Å². The Balaban J connectivity index is 2.54. The number of methoxy groups -OCH3 is 2. The van der Waals surface area contributed by atoms with Crippen LogP contribution in [-0.4, -0.2) is 35.1 Å². The first-order valence-electron chi connectivity index (χ1n) is 5.62. The van der Waals surface area contributed by atoms with Gasteiger partial charge in [-0.15, -0.1) is 0 Å². The summed E-state index contributed by atoms with van der Waals surface area (Å²) in [6.45, 7) is 0. The van der Waals surface area contributed by atoms with Crippen LogP contribution in [0, 0.1) is 0 Å². The molecule has 20 heavy (non-hydrogen) atoms. The van der Waals surface area contributed by atoms with Crippen LogP contribution < -0.4 is 14.9 Å². The molecular weight excluding hydrogens is 264 g/mol. The standard InChI is InChI=1S/C13H12N2O5/c1-19-10-4-3-8(7-11(10)20-2)15-6-5-9(16)12(14-15)13(17)18/h3-7H,1-2H3,(H,17,18). The molecule has 2 rings (SSSR count). The van der Waals surface area contributed by atoms with Crippen LogP contribution in [0.15, 0.2) is 35.3 Å². The van der Waals surface area contributed by atoms with Crippen molar-refractivity contribution in [1.82, 2.24) is 9.78 Å². The van der Waals surface area contributed by atoms with Crippen molar-refractivity contribution in [3.63, 3.8) is 0 Å². The first-order chi connectivity index (χ1) is 9.56. The Morgan fingerprint density at radius 1 is 1.20 bits per heavy atom. The van der Waals surface area contributed by atoms with Gasteiger partial charge in [-0.3, -0.25) is 4.79 Å². The Morgan fingerprint density at radius 3 is 2.50 bits per heavy atom. The van der Waals surface area contributed by atoms with Crippen LogP contribution in [0.4, 0.5) is 0 Å². The van der Waals surface area contributed by atoms with Crippen molar-refractivity contribution in [2.75, 3.05) is 14.2 Å². The summed E-state index contributed by atoms with van der Waals surface area (Å²) >= 11 is 0. The van der Waals surface area contributed by atoms with Crippen molar-refractivity contribution in [3.05, 3.63) is 46.4 Å². The predicted molar refractivity (Wildman–Crippen MR) is 69.9 cm³/mol. The van der Waals surface area contributed by atoms with Gasteiger partial charge in [0.15, 0.2) is 11.5 Å². The Bertz CT molecular complexity index is 708. The number of hydrogen-bond acceptors (Lipinski definition) is 5. The van der Waals surface area contributed by atoms with E-state index < -0.39 is 17.1 Å². The Kier molecular flexibility index (Phi) is 3.69. The summed E-state index contributed by atoms with van der Waals surface area (Å²) in [6, 6.07) is 6.11. The van der Waals surface area contributed by atoms with Crippen LogP contribution in [-0.2, 0) is 0 Å². The SMILES string of the molecule is COc1ccc(-n2ccc(=O)c(C(=O)O)n2)cc1OC. The number of carboxylic acid groups (broad SMARTS) is 1. The van der Waals surface area contributed by atoms with Gasteiger partial charge in [-0.05, 0) is 12.1 Å². The fourth-order valence-corrected chi connectivity index (χ4v) is 1.67. The number of aromatic nitrogens is 2. The van der Waals surface area contributed by atoms with Gasteiger partial charge in [0.05, 0.1) is 19.9 Å². The number of nitrogens with zero attached hydrogens (tertiary/aromatic N) is 2. The maximum Gasteiger partial charge on any atom is 0.360 e. The van der Waals surface area contributed by atoms with Gasteiger partial charge in [-0.2, -0.15) is 5.10 Å². The predicted octanol–water partition coefficient (Wildman–Crippen LogP) is 0.948. The zero-order valence-corrected chi connectivity index (χ0v) is 10.9. The maximum atomic E-state index is 11.4. The Hall–Kier alpha value is -2.83. The number of benzene rings is 1. The van der Waals surface area contributed by atoms with E-state index in [9.17, 15) is 9.59 Å². The topological polar surface area (TPSA) is 90.7 Å². The van der Waals surface area contributed by atoms with Crippen molar-refractivity contribution < 1.29 is 19.4 Å². The van der Waals surface area contributed by atoms with Crippen LogP contribution >= 0.6 is 0 Å². The molecule has 0 fully saturated rings.